The Morgan fingerprint density at radius 3 is 3.40 bits per heavy atom. The highest BCUT2D eigenvalue weighted by molar-refractivity contribution is 7.10. The first kappa shape index (κ1) is 6.38. The van der Waals surface area contributed by atoms with Gasteiger partial charge in [-0.1, -0.05) is 0 Å². The molecular formula is C8H11NS. The van der Waals surface area contributed by atoms with Gasteiger partial charge >= 0.3 is 0 Å². The highest BCUT2D eigenvalue weighted by Crippen LogP contribution is 2.27. The van der Waals surface area contributed by atoms with E-state index in [0.717, 1.165) is 6.54 Å². The van der Waals surface area contributed by atoms with E-state index in [4.69, 9.17) is 0 Å². The zero-order valence-corrected chi connectivity index (χ0v) is 6.87. The molecule has 2 rings (SSSR count). The fraction of sp³-hybridized carbons (Fsp3) is 0.500. The molecule has 0 saturated heterocycles. The van der Waals surface area contributed by atoms with Crippen molar-refractivity contribution in [1.29, 1.82) is 0 Å². The lowest BCUT2D eigenvalue weighted by atomic mass is 10.1. The summed E-state index contributed by atoms with van der Waals surface area (Å²) in [5, 5.41) is 5.62. The van der Waals surface area contributed by atoms with Crippen LogP contribution < -0.4 is 5.32 Å². The Bertz CT molecular complexity index is 229. The average molecular weight is 153 g/mol. The molecule has 1 atom stereocenters. The molecule has 2 heteroatoms. The van der Waals surface area contributed by atoms with Gasteiger partial charge in [-0.25, -0.2) is 0 Å². The molecule has 0 bridgehead atoms. The van der Waals surface area contributed by atoms with E-state index >= 15 is 0 Å². The molecule has 1 aromatic rings. The van der Waals surface area contributed by atoms with E-state index in [9.17, 15) is 0 Å². The van der Waals surface area contributed by atoms with E-state index < -0.39 is 0 Å². The van der Waals surface area contributed by atoms with Crippen molar-refractivity contribution >= 4 is 11.3 Å². The van der Waals surface area contributed by atoms with Gasteiger partial charge in [0.15, 0.2) is 0 Å². The maximum Gasteiger partial charge on any atom is 0.0388 e. The van der Waals surface area contributed by atoms with Gasteiger partial charge in [-0.2, -0.15) is 0 Å². The predicted molar refractivity (Wildman–Crippen MR) is 44.4 cm³/mol. The minimum absolute atomic E-state index is 0.587. The molecule has 0 radical (unpaired) electrons. The first-order valence-electron chi connectivity index (χ1n) is 3.67. The Kier molecular flexibility index (Phi) is 1.51. The Balaban J connectivity index is 2.41. The van der Waals surface area contributed by atoms with Crippen LogP contribution in [0.3, 0.4) is 0 Å². The third kappa shape index (κ3) is 0.879. The molecule has 1 nitrogen and oxygen atoms in total. The zero-order valence-electron chi connectivity index (χ0n) is 6.05. The molecule has 54 valence electrons. The van der Waals surface area contributed by atoms with Crippen LogP contribution in [0.1, 0.15) is 23.4 Å². The molecule has 0 amide bonds. The van der Waals surface area contributed by atoms with Crippen LogP contribution in [0, 0.1) is 0 Å². The average Bonchev–Trinajstić information content (AvgIpc) is 2.36. The highest BCUT2D eigenvalue weighted by Gasteiger charge is 2.15. The molecule has 1 aliphatic rings. The van der Waals surface area contributed by atoms with E-state index in [-0.39, 0.29) is 0 Å². The van der Waals surface area contributed by atoms with Gasteiger partial charge in [-0.15, -0.1) is 11.3 Å². The Hall–Kier alpha value is -0.340. The summed E-state index contributed by atoms with van der Waals surface area (Å²) in [5.41, 5.74) is 1.55. The van der Waals surface area contributed by atoms with Crippen LogP contribution in [0.15, 0.2) is 11.4 Å². The molecule has 1 N–H and O–H groups in total. The number of fused-ring (bicyclic) bond motifs is 1. The second-order valence-electron chi connectivity index (χ2n) is 2.74. The summed E-state index contributed by atoms with van der Waals surface area (Å²) < 4.78 is 0. The van der Waals surface area contributed by atoms with Crippen molar-refractivity contribution in [3.8, 4) is 0 Å². The zero-order chi connectivity index (χ0) is 6.97. The Labute approximate surface area is 65.1 Å². The standard InChI is InChI=1S/C8H11NS/c1-6-8-7(2-4-9-6)3-5-10-8/h3,5-6,9H,2,4H2,1H3/t6-/m1/s1. The second-order valence-corrected chi connectivity index (χ2v) is 3.68. The largest absolute Gasteiger partial charge is 0.309 e. The van der Waals surface area contributed by atoms with Crippen LogP contribution in [0.4, 0.5) is 0 Å². The van der Waals surface area contributed by atoms with Crippen molar-refractivity contribution in [1.82, 2.24) is 5.32 Å². The number of rotatable bonds is 0. The molecule has 0 saturated carbocycles. The molecule has 0 fully saturated rings. The first-order valence-corrected chi connectivity index (χ1v) is 4.55. The Morgan fingerprint density at radius 2 is 2.60 bits per heavy atom. The van der Waals surface area contributed by atoms with E-state index in [1.165, 1.54) is 11.3 Å². The van der Waals surface area contributed by atoms with Gasteiger partial charge in [0.25, 0.3) is 0 Å². The molecule has 0 unspecified atom stereocenters. The maximum absolute atomic E-state index is 3.43. The van der Waals surface area contributed by atoms with Crippen LogP contribution in [0.2, 0.25) is 0 Å². The minimum Gasteiger partial charge on any atom is -0.309 e. The van der Waals surface area contributed by atoms with Crippen LogP contribution in [0.25, 0.3) is 0 Å². The lowest BCUT2D eigenvalue weighted by Crippen LogP contribution is -2.26. The summed E-state index contributed by atoms with van der Waals surface area (Å²) in [4.78, 5) is 1.53. The van der Waals surface area contributed by atoms with Crippen LogP contribution >= 0.6 is 11.3 Å². The maximum atomic E-state index is 3.43. The molecule has 0 aromatic carbocycles. The SMILES string of the molecule is C[C@H]1NCCc2ccsc21. The summed E-state index contributed by atoms with van der Waals surface area (Å²) in [6.45, 7) is 3.37. The molecule has 2 heterocycles. The van der Waals surface area contributed by atoms with Crippen LogP contribution in [0.5, 0.6) is 0 Å². The molecule has 10 heavy (non-hydrogen) atoms. The van der Waals surface area contributed by atoms with Gasteiger partial charge < -0.3 is 5.32 Å². The van der Waals surface area contributed by atoms with Crippen molar-refractivity contribution in [3.63, 3.8) is 0 Å². The molecular weight excluding hydrogens is 142 g/mol. The quantitative estimate of drug-likeness (QED) is 0.600. The fourth-order valence-corrected chi connectivity index (χ4v) is 2.44. The lowest BCUT2D eigenvalue weighted by Gasteiger charge is -2.19. The van der Waals surface area contributed by atoms with Crippen LogP contribution in [-0.2, 0) is 6.42 Å². The fourth-order valence-electron chi connectivity index (χ4n) is 1.45. The van der Waals surface area contributed by atoms with E-state index in [1.807, 2.05) is 11.3 Å². The summed E-state index contributed by atoms with van der Waals surface area (Å²) >= 11 is 1.87. The van der Waals surface area contributed by atoms with Gasteiger partial charge in [0.2, 0.25) is 0 Å². The smallest absolute Gasteiger partial charge is 0.0388 e. The van der Waals surface area contributed by atoms with Gasteiger partial charge in [0.05, 0.1) is 0 Å². The number of hydrogen-bond acceptors (Lipinski definition) is 2. The molecule has 0 aliphatic carbocycles. The number of hydrogen-bond donors (Lipinski definition) is 1. The predicted octanol–water partition coefficient (Wildman–Crippen LogP) is 1.95. The minimum atomic E-state index is 0.587. The van der Waals surface area contributed by atoms with Crippen molar-refractivity contribution in [2.45, 2.75) is 19.4 Å². The third-order valence-electron chi connectivity index (χ3n) is 2.02. The monoisotopic (exact) mass is 153 g/mol. The third-order valence-corrected chi connectivity index (χ3v) is 3.16. The second kappa shape index (κ2) is 2.36. The highest BCUT2D eigenvalue weighted by atomic mass is 32.1. The summed E-state index contributed by atoms with van der Waals surface area (Å²) in [6.07, 6.45) is 1.21. The van der Waals surface area contributed by atoms with Gasteiger partial charge in [0.1, 0.15) is 0 Å². The normalized spacial score (nSPS) is 24.3. The lowest BCUT2D eigenvalue weighted by molar-refractivity contribution is 0.551. The van der Waals surface area contributed by atoms with Crippen molar-refractivity contribution in [2.75, 3.05) is 6.54 Å². The summed E-state index contributed by atoms with van der Waals surface area (Å²) in [7, 11) is 0. The van der Waals surface area contributed by atoms with E-state index in [1.54, 1.807) is 5.56 Å². The number of nitrogens with one attached hydrogen (secondary N) is 1. The molecule has 1 aromatic heterocycles. The summed E-state index contributed by atoms with van der Waals surface area (Å²) in [6, 6.07) is 2.83. The van der Waals surface area contributed by atoms with Gasteiger partial charge in [0, 0.05) is 10.9 Å². The van der Waals surface area contributed by atoms with Crippen molar-refractivity contribution in [3.05, 3.63) is 21.9 Å². The van der Waals surface area contributed by atoms with E-state index in [2.05, 4.69) is 23.7 Å². The van der Waals surface area contributed by atoms with E-state index in [0.29, 0.717) is 6.04 Å². The first-order chi connectivity index (χ1) is 4.88. The van der Waals surface area contributed by atoms with Gasteiger partial charge in [-0.05, 0) is 36.9 Å². The van der Waals surface area contributed by atoms with Crippen molar-refractivity contribution < 1.29 is 0 Å². The van der Waals surface area contributed by atoms with Crippen molar-refractivity contribution in [2.24, 2.45) is 0 Å². The number of thiophene rings is 1. The van der Waals surface area contributed by atoms with Gasteiger partial charge in [-0.3, -0.25) is 0 Å². The van der Waals surface area contributed by atoms with Crippen LogP contribution in [-0.4, -0.2) is 6.54 Å². The topological polar surface area (TPSA) is 12.0 Å². The molecule has 1 aliphatic heterocycles. The summed E-state index contributed by atoms with van der Waals surface area (Å²) in [5.74, 6) is 0. The molecule has 0 spiro atoms. The Morgan fingerprint density at radius 1 is 1.70 bits per heavy atom.